The molecule has 1 heterocycles. The van der Waals surface area contributed by atoms with Crippen molar-refractivity contribution in [1.82, 2.24) is 20.2 Å². The molecule has 0 fully saturated rings. The Hall–Kier alpha value is -3.14. The third-order valence-corrected chi connectivity index (χ3v) is 5.07. The van der Waals surface area contributed by atoms with Gasteiger partial charge in [-0.25, -0.2) is 4.68 Å². The van der Waals surface area contributed by atoms with E-state index < -0.39 is 0 Å². The summed E-state index contributed by atoms with van der Waals surface area (Å²) in [5.74, 6) is 1.26. The Kier molecular flexibility index (Phi) is 7.23. The molecule has 1 amide bonds. The van der Waals surface area contributed by atoms with Crippen molar-refractivity contribution in [3.05, 3.63) is 52.0 Å². The van der Waals surface area contributed by atoms with Crippen molar-refractivity contribution >= 4 is 33.5 Å². The summed E-state index contributed by atoms with van der Waals surface area (Å²) in [7, 11) is 1.55. The van der Waals surface area contributed by atoms with E-state index in [1.54, 1.807) is 17.9 Å². The Morgan fingerprint density at radius 3 is 2.67 bits per heavy atom. The lowest BCUT2D eigenvalue weighted by Crippen LogP contribution is -2.21. The molecule has 1 aromatic heterocycles. The first kappa shape index (κ1) is 21.6. The first-order chi connectivity index (χ1) is 14.5. The third kappa shape index (κ3) is 5.26. The van der Waals surface area contributed by atoms with E-state index in [2.05, 4.69) is 42.1 Å². The van der Waals surface area contributed by atoms with Gasteiger partial charge in [0, 0.05) is 28.8 Å². The standard InChI is InChI=1S/C20H23BrN6O3/c1-4-27-20(24-25-26-27)22-11-15-16(21)9-10-17(29-3)19(15)30-12-18(28)23-14-7-5-13(2)6-8-14/h5-10H,4,11-12H2,1-3H3,(H,23,28)(H,22,24,26). The second-order valence-corrected chi connectivity index (χ2v) is 7.29. The summed E-state index contributed by atoms with van der Waals surface area (Å²) in [5, 5.41) is 17.5. The zero-order valence-electron chi connectivity index (χ0n) is 17.0. The lowest BCUT2D eigenvalue weighted by atomic mass is 10.2. The molecule has 10 heteroatoms. The number of halogens is 1. The van der Waals surface area contributed by atoms with Crippen molar-refractivity contribution in [3.63, 3.8) is 0 Å². The van der Waals surface area contributed by atoms with Crippen LogP contribution in [0.15, 0.2) is 40.9 Å². The fourth-order valence-electron chi connectivity index (χ4n) is 2.75. The first-order valence-corrected chi connectivity index (χ1v) is 10.2. The number of tetrazole rings is 1. The predicted molar refractivity (Wildman–Crippen MR) is 117 cm³/mol. The van der Waals surface area contributed by atoms with Crippen LogP contribution in [-0.4, -0.2) is 39.8 Å². The number of ether oxygens (including phenoxy) is 2. The molecule has 3 aromatic rings. The zero-order valence-corrected chi connectivity index (χ0v) is 18.6. The van der Waals surface area contributed by atoms with Crippen LogP contribution in [0.1, 0.15) is 18.1 Å². The highest BCUT2D eigenvalue weighted by molar-refractivity contribution is 9.10. The molecule has 3 rings (SSSR count). The van der Waals surface area contributed by atoms with Gasteiger partial charge in [-0.3, -0.25) is 4.79 Å². The highest BCUT2D eigenvalue weighted by atomic mass is 79.9. The lowest BCUT2D eigenvalue weighted by molar-refractivity contribution is -0.118. The molecule has 0 saturated carbocycles. The minimum atomic E-state index is -0.269. The van der Waals surface area contributed by atoms with Crippen molar-refractivity contribution in [2.45, 2.75) is 26.9 Å². The van der Waals surface area contributed by atoms with E-state index in [1.807, 2.05) is 44.2 Å². The van der Waals surface area contributed by atoms with Crippen LogP contribution in [0, 0.1) is 6.92 Å². The molecule has 0 radical (unpaired) electrons. The molecule has 0 unspecified atom stereocenters. The number of anilines is 2. The van der Waals surface area contributed by atoms with Crippen LogP contribution in [0.25, 0.3) is 0 Å². The van der Waals surface area contributed by atoms with Crippen LogP contribution in [0.3, 0.4) is 0 Å². The third-order valence-electron chi connectivity index (χ3n) is 4.32. The van der Waals surface area contributed by atoms with E-state index in [0.717, 1.165) is 15.6 Å². The maximum Gasteiger partial charge on any atom is 0.262 e. The van der Waals surface area contributed by atoms with Gasteiger partial charge >= 0.3 is 0 Å². The van der Waals surface area contributed by atoms with Gasteiger partial charge in [-0.15, -0.1) is 0 Å². The van der Waals surface area contributed by atoms with E-state index >= 15 is 0 Å². The highest BCUT2D eigenvalue weighted by Crippen LogP contribution is 2.36. The molecule has 0 aliphatic heterocycles. The summed E-state index contributed by atoms with van der Waals surface area (Å²) in [5.41, 5.74) is 2.61. The topological polar surface area (TPSA) is 103 Å². The Labute approximate surface area is 182 Å². The van der Waals surface area contributed by atoms with Gasteiger partial charge in [0.2, 0.25) is 5.95 Å². The summed E-state index contributed by atoms with van der Waals surface area (Å²) in [6, 6.07) is 11.2. The maximum absolute atomic E-state index is 12.4. The van der Waals surface area contributed by atoms with Crippen molar-refractivity contribution in [3.8, 4) is 11.5 Å². The van der Waals surface area contributed by atoms with Crippen LogP contribution in [0.2, 0.25) is 0 Å². The molecule has 2 N–H and O–H groups in total. The maximum atomic E-state index is 12.4. The average Bonchev–Trinajstić information content (AvgIpc) is 3.20. The van der Waals surface area contributed by atoms with Crippen molar-refractivity contribution in [2.24, 2.45) is 0 Å². The normalized spacial score (nSPS) is 10.5. The fraction of sp³-hybridized carbons (Fsp3) is 0.300. The zero-order chi connectivity index (χ0) is 21.5. The Morgan fingerprint density at radius 2 is 1.97 bits per heavy atom. The van der Waals surface area contributed by atoms with Gasteiger partial charge in [-0.05, 0) is 48.5 Å². The Balaban J connectivity index is 1.73. The second-order valence-electron chi connectivity index (χ2n) is 6.43. The number of aromatic nitrogens is 4. The van der Waals surface area contributed by atoms with Crippen molar-refractivity contribution < 1.29 is 14.3 Å². The minimum absolute atomic E-state index is 0.166. The predicted octanol–water partition coefficient (Wildman–Crippen LogP) is 3.40. The van der Waals surface area contributed by atoms with Crippen molar-refractivity contribution in [2.75, 3.05) is 24.4 Å². The molecule has 0 saturated heterocycles. The molecule has 158 valence electrons. The number of rotatable bonds is 9. The average molecular weight is 475 g/mol. The SMILES string of the molecule is CCn1nnnc1NCc1c(Br)ccc(OC)c1OCC(=O)Nc1ccc(C)cc1. The smallest absolute Gasteiger partial charge is 0.262 e. The molecule has 9 nitrogen and oxygen atoms in total. The van der Waals surface area contributed by atoms with E-state index in [4.69, 9.17) is 9.47 Å². The molecule has 0 bridgehead atoms. The first-order valence-electron chi connectivity index (χ1n) is 9.36. The number of aryl methyl sites for hydroxylation is 2. The van der Waals surface area contributed by atoms with Gasteiger partial charge in [0.05, 0.1) is 7.11 Å². The van der Waals surface area contributed by atoms with E-state index in [0.29, 0.717) is 36.2 Å². The summed E-state index contributed by atoms with van der Waals surface area (Å²) in [6.45, 7) is 4.78. The molecule has 30 heavy (non-hydrogen) atoms. The van der Waals surface area contributed by atoms with E-state index in [1.165, 1.54) is 0 Å². The highest BCUT2D eigenvalue weighted by Gasteiger charge is 2.17. The van der Waals surface area contributed by atoms with Gasteiger partial charge in [0.15, 0.2) is 18.1 Å². The summed E-state index contributed by atoms with van der Waals surface area (Å²) < 4.78 is 13.7. The molecule has 2 aromatic carbocycles. The number of carbonyl (C=O) groups is 1. The molecular formula is C20H23BrN6O3. The van der Waals surface area contributed by atoms with Crippen LogP contribution in [0.5, 0.6) is 11.5 Å². The van der Waals surface area contributed by atoms with Gasteiger partial charge in [0.1, 0.15) is 0 Å². The molecule has 0 aliphatic rings. The number of hydrogen-bond donors (Lipinski definition) is 2. The Bertz CT molecular complexity index is 1010. The molecular weight excluding hydrogens is 452 g/mol. The molecule has 0 spiro atoms. The van der Waals surface area contributed by atoms with Crippen LogP contribution < -0.4 is 20.1 Å². The summed E-state index contributed by atoms with van der Waals surface area (Å²) >= 11 is 3.54. The number of nitrogens with one attached hydrogen (secondary N) is 2. The Morgan fingerprint density at radius 1 is 1.20 bits per heavy atom. The number of benzene rings is 2. The fourth-order valence-corrected chi connectivity index (χ4v) is 3.20. The summed E-state index contributed by atoms with van der Waals surface area (Å²) in [6.07, 6.45) is 0. The minimum Gasteiger partial charge on any atom is -0.493 e. The molecule has 0 aliphatic carbocycles. The van der Waals surface area contributed by atoms with Crippen molar-refractivity contribution in [1.29, 1.82) is 0 Å². The molecule has 0 atom stereocenters. The van der Waals surface area contributed by atoms with E-state index in [9.17, 15) is 4.79 Å². The van der Waals surface area contributed by atoms with Crippen LogP contribution in [0.4, 0.5) is 11.6 Å². The van der Waals surface area contributed by atoms with Crippen LogP contribution in [-0.2, 0) is 17.9 Å². The van der Waals surface area contributed by atoms with Gasteiger partial charge in [-0.1, -0.05) is 38.7 Å². The van der Waals surface area contributed by atoms with Gasteiger partial charge < -0.3 is 20.1 Å². The quantitative estimate of drug-likeness (QED) is 0.489. The van der Waals surface area contributed by atoms with Gasteiger partial charge in [0.25, 0.3) is 5.91 Å². The number of amides is 1. The van der Waals surface area contributed by atoms with Gasteiger partial charge in [-0.2, -0.15) is 0 Å². The number of methoxy groups -OCH3 is 1. The number of hydrogen-bond acceptors (Lipinski definition) is 7. The number of nitrogens with zero attached hydrogens (tertiary/aromatic N) is 4. The summed E-state index contributed by atoms with van der Waals surface area (Å²) in [4.78, 5) is 12.4. The largest absolute Gasteiger partial charge is 0.493 e. The van der Waals surface area contributed by atoms with E-state index in [-0.39, 0.29) is 12.5 Å². The number of carbonyl (C=O) groups excluding carboxylic acids is 1. The lowest BCUT2D eigenvalue weighted by Gasteiger charge is -2.17. The monoisotopic (exact) mass is 474 g/mol. The second kappa shape index (κ2) is 10.1. The van der Waals surface area contributed by atoms with Crippen LogP contribution >= 0.6 is 15.9 Å².